The number of benzene rings is 9. The first-order chi connectivity index (χ1) is 27.2. The Labute approximate surface area is 327 Å². The Morgan fingerprint density at radius 3 is 1.35 bits per heavy atom. The molecule has 1 aromatic heterocycles. The summed E-state index contributed by atoms with van der Waals surface area (Å²) in [6, 6.07) is 68.4. The van der Waals surface area contributed by atoms with Crippen molar-refractivity contribution < 1.29 is 0 Å². The Kier molecular flexibility index (Phi) is 8.33. The zero-order valence-corrected chi connectivity index (χ0v) is 31.4. The van der Waals surface area contributed by atoms with Gasteiger partial charge in [-0.2, -0.15) is 0 Å². The molecule has 257 valence electrons. The Morgan fingerprint density at radius 1 is 0.255 bits per heavy atom. The molecule has 0 N–H and O–H groups in total. The standard InChI is InChI=1S/C51H32N3Se/c55-48-40(38-20-11-19-36(30-38)37-28-29-45-43-24-8-7-22-41(43)42-23-9-10-25-44(42)47(45)32-37)26-13-27-46(48)51-53-49(34-16-5-2-6-17-34)52-50(54-51)39-21-12-18-35(31-39)33-14-3-1-4-15-33/h1-32H. The van der Waals surface area contributed by atoms with Crippen molar-refractivity contribution in [3.05, 3.63) is 194 Å². The van der Waals surface area contributed by atoms with E-state index in [1.807, 2.05) is 36.4 Å². The van der Waals surface area contributed by atoms with E-state index in [4.69, 9.17) is 15.0 Å². The van der Waals surface area contributed by atoms with Crippen LogP contribution in [0.5, 0.6) is 0 Å². The molecule has 0 fully saturated rings. The molecule has 1 radical (unpaired) electrons. The third-order valence-corrected chi connectivity index (χ3v) is 11.3. The number of rotatable bonds is 6. The van der Waals surface area contributed by atoms with E-state index >= 15 is 0 Å². The molecule has 0 spiro atoms. The van der Waals surface area contributed by atoms with E-state index in [0.29, 0.717) is 17.5 Å². The molecule has 0 bridgehead atoms. The van der Waals surface area contributed by atoms with E-state index in [9.17, 15) is 0 Å². The first-order valence-electron chi connectivity index (χ1n) is 18.4. The summed E-state index contributed by atoms with van der Waals surface area (Å²) in [6.45, 7) is 0. The van der Waals surface area contributed by atoms with Gasteiger partial charge in [-0.1, -0.05) is 6.07 Å². The molecule has 9 aromatic carbocycles. The molecule has 0 aliphatic carbocycles. The van der Waals surface area contributed by atoms with Crippen LogP contribution >= 0.6 is 0 Å². The van der Waals surface area contributed by atoms with Crippen LogP contribution in [0.25, 0.3) is 99.9 Å². The van der Waals surface area contributed by atoms with Crippen molar-refractivity contribution in [3.63, 3.8) is 0 Å². The van der Waals surface area contributed by atoms with Crippen molar-refractivity contribution in [1.82, 2.24) is 15.0 Å². The molecule has 3 nitrogen and oxygen atoms in total. The Morgan fingerprint density at radius 2 is 0.673 bits per heavy atom. The summed E-state index contributed by atoms with van der Waals surface area (Å²) in [5, 5.41) is 7.64. The van der Waals surface area contributed by atoms with Crippen molar-refractivity contribution in [2.45, 2.75) is 0 Å². The van der Waals surface area contributed by atoms with Gasteiger partial charge in [0.1, 0.15) is 0 Å². The maximum atomic E-state index is 5.13. The van der Waals surface area contributed by atoms with E-state index in [1.54, 1.807) is 0 Å². The second-order valence-electron chi connectivity index (χ2n) is 13.7. The summed E-state index contributed by atoms with van der Waals surface area (Å²) in [5.74, 6) is 1.88. The van der Waals surface area contributed by atoms with Crippen LogP contribution in [-0.4, -0.2) is 31.0 Å². The molecule has 0 amide bonds. The average molecular weight is 766 g/mol. The number of hydrogen-bond acceptors (Lipinski definition) is 3. The van der Waals surface area contributed by atoms with E-state index in [1.165, 1.54) is 37.9 Å². The van der Waals surface area contributed by atoms with Gasteiger partial charge < -0.3 is 0 Å². The average Bonchev–Trinajstić information content (AvgIpc) is 3.27. The zero-order chi connectivity index (χ0) is 36.7. The second-order valence-corrected chi connectivity index (χ2v) is 14.6. The van der Waals surface area contributed by atoms with Gasteiger partial charge in [-0.05, 0) is 0 Å². The van der Waals surface area contributed by atoms with E-state index in [-0.39, 0.29) is 0 Å². The van der Waals surface area contributed by atoms with Crippen molar-refractivity contribution in [1.29, 1.82) is 0 Å². The SMILES string of the molecule is [Se]c1c(-c2cccc(-c3ccc4c5ccccc5c5ccccc5c4c3)c2)cccc1-c1nc(-c2ccccc2)nc(-c2cccc(-c3ccccc3)c2)n1. The van der Waals surface area contributed by atoms with E-state index in [2.05, 4.69) is 174 Å². The number of hydrogen-bond donors (Lipinski definition) is 0. The van der Waals surface area contributed by atoms with Gasteiger partial charge >= 0.3 is 323 Å². The van der Waals surface area contributed by atoms with Crippen LogP contribution in [0, 0.1) is 0 Å². The fourth-order valence-electron chi connectivity index (χ4n) is 7.70. The molecular formula is C51H32N3Se. The predicted octanol–water partition coefficient (Wildman–Crippen LogP) is 12.1. The number of aromatic nitrogens is 3. The van der Waals surface area contributed by atoms with Crippen LogP contribution in [0.2, 0.25) is 0 Å². The molecular weight excluding hydrogens is 734 g/mol. The first kappa shape index (κ1) is 32.9. The van der Waals surface area contributed by atoms with Gasteiger partial charge in [-0.25, -0.2) is 0 Å². The Bertz CT molecular complexity index is 3010. The summed E-state index contributed by atoms with van der Waals surface area (Å²) in [7, 11) is 0. The predicted molar refractivity (Wildman–Crippen MR) is 230 cm³/mol. The van der Waals surface area contributed by atoms with Gasteiger partial charge in [0.05, 0.1) is 0 Å². The number of nitrogens with zero attached hydrogens (tertiary/aromatic N) is 3. The van der Waals surface area contributed by atoms with Crippen LogP contribution < -0.4 is 4.46 Å². The first-order valence-corrected chi connectivity index (χ1v) is 19.3. The summed E-state index contributed by atoms with van der Waals surface area (Å²) >= 11 is 3.41. The van der Waals surface area contributed by atoms with E-state index in [0.717, 1.165) is 49.0 Å². The second kappa shape index (κ2) is 13.9. The molecule has 0 saturated heterocycles. The van der Waals surface area contributed by atoms with Crippen molar-refractivity contribution in [3.8, 4) is 67.5 Å². The molecule has 55 heavy (non-hydrogen) atoms. The molecule has 10 aromatic rings. The summed E-state index contributed by atoms with van der Waals surface area (Å²) in [5.41, 5.74) is 9.60. The Balaban J connectivity index is 1.08. The van der Waals surface area contributed by atoms with E-state index < -0.39 is 0 Å². The monoisotopic (exact) mass is 766 g/mol. The third-order valence-electron chi connectivity index (χ3n) is 10.4. The zero-order valence-electron chi connectivity index (χ0n) is 29.7. The van der Waals surface area contributed by atoms with Crippen LogP contribution in [0.3, 0.4) is 0 Å². The van der Waals surface area contributed by atoms with Gasteiger partial charge in [0.15, 0.2) is 0 Å². The molecule has 0 aliphatic rings. The molecule has 4 heteroatoms. The van der Waals surface area contributed by atoms with Gasteiger partial charge in [-0.15, -0.1) is 0 Å². The fourth-order valence-corrected chi connectivity index (χ4v) is 8.43. The van der Waals surface area contributed by atoms with Crippen LogP contribution in [-0.2, 0) is 0 Å². The van der Waals surface area contributed by atoms with Gasteiger partial charge in [0.2, 0.25) is 0 Å². The van der Waals surface area contributed by atoms with Crippen molar-refractivity contribution in [2.75, 3.05) is 0 Å². The van der Waals surface area contributed by atoms with Gasteiger partial charge in [0.25, 0.3) is 0 Å². The molecule has 0 aliphatic heterocycles. The fraction of sp³-hybridized carbons (Fsp3) is 0. The molecule has 10 rings (SSSR count). The molecule has 0 unspecified atom stereocenters. The summed E-state index contributed by atoms with van der Waals surface area (Å²) in [6.07, 6.45) is 0. The molecule has 0 atom stereocenters. The quantitative estimate of drug-likeness (QED) is 0.125. The van der Waals surface area contributed by atoms with Crippen LogP contribution in [0.1, 0.15) is 0 Å². The third kappa shape index (κ3) is 6.08. The topological polar surface area (TPSA) is 38.7 Å². The van der Waals surface area contributed by atoms with Crippen molar-refractivity contribution in [2.24, 2.45) is 0 Å². The normalized spacial score (nSPS) is 11.3. The maximum absolute atomic E-state index is 5.13. The van der Waals surface area contributed by atoms with Gasteiger partial charge in [0, 0.05) is 0 Å². The van der Waals surface area contributed by atoms with Gasteiger partial charge in [-0.3, -0.25) is 0 Å². The minimum atomic E-state index is 0.620. The molecule has 1 heterocycles. The number of fused-ring (bicyclic) bond motifs is 6. The molecule has 0 saturated carbocycles. The minimum absolute atomic E-state index is 0.620. The summed E-state index contributed by atoms with van der Waals surface area (Å²) < 4.78 is 0.991. The van der Waals surface area contributed by atoms with Crippen LogP contribution in [0.4, 0.5) is 0 Å². The van der Waals surface area contributed by atoms with Crippen LogP contribution in [0.15, 0.2) is 194 Å². The summed E-state index contributed by atoms with van der Waals surface area (Å²) in [4.78, 5) is 15.2. The Hall–Kier alpha value is -6.71. The van der Waals surface area contributed by atoms with Crippen molar-refractivity contribution >= 4 is 52.8 Å².